The molecule has 0 unspecified atom stereocenters. The highest BCUT2D eigenvalue weighted by Gasteiger charge is 2.09. The van der Waals surface area contributed by atoms with E-state index in [1.807, 2.05) is 30.3 Å². The van der Waals surface area contributed by atoms with E-state index in [0.717, 1.165) is 16.5 Å². The van der Waals surface area contributed by atoms with Crippen LogP contribution in [-0.4, -0.2) is 10.1 Å². The van der Waals surface area contributed by atoms with Crippen molar-refractivity contribution in [2.45, 2.75) is 0 Å². The summed E-state index contributed by atoms with van der Waals surface area (Å²) in [5, 5.41) is 4.43. The van der Waals surface area contributed by atoms with E-state index in [1.165, 1.54) is 0 Å². The molecule has 0 spiro atoms. The summed E-state index contributed by atoms with van der Waals surface area (Å²) in [6, 6.07) is 9.88. The van der Waals surface area contributed by atoms with E-state index >= 15 is 0 Å². The molecule has 4 heteroatoms. The summed E-state index contributed by atoms with van der Waals surface area (Å²) in [4.78, 5) is 4.17. The number of anilines is 1. The predicted molar refractivity (Wildman–Crippen MR) is 61.7 cm³/mol. The van der Waals surface area contributed by atoms with Crippen LogP contribution in [0, 0.1) is 0 Å². The normalized spacial score (nSPS) is 10.8. The largest absolute Gasteiger partial charge is 0.397 e. The van der Waals surface area contributed by atoms with Crippen LogP contribution in [0.2, 0.25) is 0 Å². The van der Waals surface area contributed by atoms with Gasteiger partial charge in [-0.2, -0.15) is 0 Å². The van der Waals surface area contributed by atoms with Gasteiger partial charge in [-0.1, -0.05) is 35.5 Å². The first-order valence-corrected chi connectivity index (χ1v) is 4.90. The third kappa shape index (κ3) is 1.24. The van der Waals surface area contributed by atoms with Gasteiger partial charge in [0.2, 0.25) is 0 Å². The van der Waals surface area contributed by atoms with Crippen LogP contribution in [-0.2, 0) is 0 Å². The van der Waals surface area contributed by atoms with Crippen molar-refractivity contribution in [3.05, 3.63) is 42.7 Å². The smallest absolute Gasteiger partial charge is 0.259 e. The fourth-order valence-corrected chi connectivity index (χ4v) is 1.70. The fourth-order valence-electron chi connectivity index (χ4n) is 1.70. The number of hydrogen-bond acceptors (Lipinski definition) is 4. The Bertz CT molecular complexity index is 631. The van der Waals surface area contributed by atoms with Gasteiger partial charge in [-0.25, -0.2) is 4.98 Å². The minimum absolute atomic E-state index is 0.470. The van der Waals surface area contributed by atoms with Crippen molar-refractivity contribution in [2.24, 2.45) is 0 Å². The molecule has 0 bridgehead atoms. The quantitative estimate of drug-likeness (QED) is 0.671. The molecular weight excluding hydrogens is 202 g/mol. The Labute approximate surface area is 91.7 Å². The highest BCUT2D eigenvalue weighted by molar-refractivity contribution is 5.95. The molecule has 3 aromatic rings. The van der Waals surface area contributed by atoms with E-state index in [-0.39, 0.29) is 0 Å². The number of nitrogen functional groups attached to an aromatic ring is 1. The second-order valence-corrected chi connectivity index (χ2v) is 3.50. The number of aromatic nitrogens is 2. The summed E-state index contributed by atoms with van der Waals surface area (Å²) in [6.45, 7) is 0. The topological polar surface area (TPSA) is 64.9 Å². The summed E-state index contributed by atoms with van der Waals surface area (Å²) >= 11 is 0. The highest BCUT2D eigenvalue weighted by atomic mass is 16.5. The van der Waals surface area contributed by atoms with Crippen LogP contribution in [0.5, 0.6) is 0 Å². The molecule has 2 N–H and O–H groups in total. The third-order valence-electron chi connectivity index (χ3n) is 2.53. The zero-order chi connectivity index (χ0) is 11.0. The van der Waals surface area contributed by atoms with Gasteiger partial charge in [-0.05, 0) is 5.56 Å². The molecular formula is C12H9N3O. The first-order valence-electron chi connectivity index (χ1n) is 4.90. The third-order valence-corrected chi connectivity index (χ3v) is 2.53. The number of nitrogens with zero attached hydrogens (tertiary/aromatic N) is 2. The minimum Gasteiger partial charge on any atom is -0.397 e. The van der Waals surface area contributed by atoms with Gasteiger partial charge < -0.3 is 10.3 Å². The zero-order valence-electron chi connectivity index (χ0n) is 8.42. The molecule has 0 saturated carbocycles. The Morgan fingerprint density at radius 2 is 1.88 bits per heavy atom. The zero-order valence-corrected chi connectivity index (χ0v) is 8.42. The van der Waals surface area contributed by atoms with Gasteiger partial charge in [0.15, 0.2) is 0 Å². The van der Waals surface area contributed by atoms with Crippen LogP contribution >= 0.6 is 0 Å². The van der Waals surface area contributed by atoms with Gasteiger partial charge in [-0.3, -0.25) is 0 Å². The van der Waals surface area contributed by atoms with Crippen LogP contribution in [0.4, 0.5) is 5.69 Å². The Morgan fingerprint density at radius 1 is 1.06 bits per heavy atom. The van der Waals surface area contributed by atoms with Gasteiger partial charge in [-0.15, -0.1) is 0 Å². The van der Waals surface area contributed by atoms with Crippen LogP contribution < -0.4 is 5.73 Å². The predicted octanol–water partition coefficient (Wildman–Crippen LogP) is 2.47. The number of fused-ring (bicyclic) bond motifs is 1. The monoisotopic (exact) mass is 211 g/mol. The standard InChI is InChI=1S/C12H9N3O/c13-11-9(8-4-2-1-3-5-8)6-14-12-10(11)7-15-16-12/h1-7H,(H2,13,14). The summed E-state index contributed by atoms with van der Waals surface area (Å²) < 4.78 is 4.95. The van der Waals surface area contributed by atoms with Gasteiger partial charge >= 0.3 is 0 Å². The molecule has 0 radical (unpaired) electrons. The number of pyridine rings is 1. The van der Waals surface area contributed by atoms with Crippen molar-refractivity contribution in [2.75, 3.05) is 5.73 Å². The van der Waals surface area contributed by atoms with Crippen LogP contribution in [0.3, 0.4) is 0 Å². The molecule has 0 atom stereocenters. The molecule has 2 aromatic heterocycles. The Kier molecular flexibility index (Phi) is 1.86. The highest BCUT2D eigenvalue weighted by Crippen LogP contribution is 2.30. The lowest BCUT2D eigenvalue weighted by molar-refractivity contribution is 0.448. The molecule has 3 rings (SSSR count). The molecule has 16 heavy (non-hydrogen) atoms. The lowest BCUT2D eigenvalue weighted by atomic mass is 10.1. The summed E-state index contributed by atoms with van der Waals surface area (Å²) in [6.07, 6.45) is 3.29. The summed E-state index contributed by atoms with van der Waals surface area (Å²) in [5.41, 5.74) is 9.11. The number of benzene rings is 1. The van der Waals surface area contributed by atoms with E-state index in [4.69, 9.17) is 10.3 Å². The van der Waals surface area contributed by atoms with Gasteiger partial charge in [0, 0.05) is 11.8 Å². The second-order valence-electron chi connectivity index (χ2n) is 3.50. The van der Waals surface area contributed by atoms with E-state index in [2.05, 4.69) is 10.1 Å². The van der Waals surface area contributed by atoms with Crippen molar-refractivity contribution < 1.29 is 4.52 Å². The maximum Gasteiger partial charge on any atom is 0.259 e. The van der Waals surface area contributed by atoms with E-state index in [9.17, 15) is 0 Å². The van der Waals surface area contributed by atoms with E-state index in [1.54, 1.807) is 12.4 Å². The molecule has 2 heterocycles. The molecule has 78 valence electrons. The van der Waals surface area contributed by atoms with Crippen molar-refractivity contribution in [1.82, 2.24) is 10.1 Å². The van der Waals surface area contributed by atoms with Gasteiger partial charge in [0.25, 0.3) is 5.71 Å². The first kappa shape index (κ1) is 8.91. The van der Waals surface area contributed by atoms with Crippen molar-refractivity contribution in [1.29, 1.82) is 0 Å². The summed E-state index contributed by atoms with van der Waals surface area (Å²) in [7, 11) is 0. The molecule has 0 aliphatic rings. The van der Waals surface area contributed by atoms with Crippen LogP contribution in [0.1, 0.15) is 0 Å². The summed E-state index contributed by atoms with van der Waals surface area (Å²) in [5.74, 6) is 0. The Hall–Kier alpha value is -2.36. The average Bonchev–Trinajstić information content (AvgIpc) is 2.80. The van der Waals surface area contributed by atoms with Crippen LogP contribution in [0.15, 0.2) is 47.2 Å². The van der Waals surface area contributed by atoms with Crippen LogP contribution in [0.25, 0.3) is 22.2 Å². The molecule has 0 saturated heterocycles. The molecule has 0 aliphatic carbocycles. The van der Waals surface area contributed by atoms with E-state index < -0.39 is 0 Å². The molecule has 0 amide bonds. The van der Waals surface area contributed by atoms with Crippen molar-refractivity contribution in [3.8, 4) is 11.1 Å². The van der Waals surface area contributed by atoms with Gasteiger partial charge in [0.05, 0.1) is 17.3 Å². The number of nitrogens with two attached hydrogens (primary N) is 1. The SMILES string of the molecule is Nc1c(-c2ccccc2)cnc2oncc12. The minimum atomic E-state index is 0.470. The maximum atomic E-state index is 6.06. The molecule has 1 aromatic carbocycles. The molecule has 0 fully saturated rings. The Morgan fingerprint density at radius 3 is 2.69 bits per heavy atom. The molecule has 0 aliphatic heterocycles. The number of rotatable bonds is 1. The lowest BCUT2D eigenvalue weighted by Crippen LogP contribution is -1.92. The molecule has 4 nitrogen and oxygen atoms in total. The van der Waals surface area contributed by atoms with Crippen molar-refractivity contribution in [3.63, 3.8) is 0 Å². The Balaban J connectivity index is 2.28. The van der Waals surface area contributed by atoms with Gasteiger partial charge in [0.1, 0.15) is 0 Å². The van der Waals surface area contributed by atoms with Crippen molar-refractivity contribution >= 4 is 16.8 Å². The first-order chi connectivity index (χ1) is 7.86. The number of hydrogen-bond donors (Lipinski definition) is 1. The van der Waals surface area contributed by atoms with E-state index in [0.29, 0.717) is 11.4 Å². The maximum absolute atomic E-state index is 6.06. The average molecular weight is 211 g/mol. The fraction of sp³-hybridized carbons (Fsp3) is 0. The second kappa shape index (κ2) is 3.34. The lowest BCUT2D eigenvalue weighted by Gasteiger charge is -2.04.